The van der Waals surface area contributed by atoms with Gasteiger partial charge in [0, 0.05) is 29.6 Å². The molecule has 0 bridgehead atoms. The van der Waals surface area contributed by atoms with Crippen LogP contribution in [0.25, 0.3) is 0 Å². The lowest BCUT2D eigenvalue weighted by molar-refractivity contribution is -0.129. The van der Waals surface area contributed by atoms with E-state index in [2.05, 4.69) is 6.92 Å². The van der Waals surface area contributed by atoms with E-state index in [0.29, 0.717) is 11.8 Å². The number of aliphatic hydroxyl groups is 1. The highest BCUT2D eigenvalue weighted by atomic mass is 32.2. The number of aliphatic hydroxyl groups excluding tert-OH is 1. The van der Waals surface area contributed by atoms with Crippen LogP contribution in [0.15, 0.2) is 24.3 Å². The van der Waals surface area contributed by atoms with Gasteiger partial charge in [-0.25, -0.2) is 0 Å². The van der Waals surface area contributed by atoms with Crippen molar-refractivity contribution in [3.63, 3.8) is 0 Å². The first-order valence-corrected chi connectivity index (χ1v) is 9.77. The second kappa shape index (κ2) is 8.60. The Bertz CT molecular complexity index is 536. The maximum atomic E-state index is 12.3. The molecule has 1 aliphatic rings. The summed E-state index contributed by atoms with van der Waals surface area (Å²) in [6, 6.07) is 7.67. The lowest BCUT2D eigenvalue weighted by atomic mass is 9.87. The first kappa shape index (κ1) is 18.1. The lowest BCUT2D eigenvalue weighted by Gasteiger charge is -2.33. The Kier molecular flexibility index (Phi) is 6.78. The zero-order chi connectivity index (χ0) is 16.8. The molecule has 1 saturated carbocycles. The summed E-state index contributed by atoms with van der Waals surface area (Å²) in [7, 11) is 0.648. The van der Waals surface area contributed by atoms with Crippen LogP contribution in [0, 0.1) is 5.92 Å². The summed E-state index contributed by atoms with van der Waals surface area (Å²) in [6.45, 7) is 2.27. The van der Waals surface area contributed by atoms with Gasteiger partial charge in [-0.3, -0.25) is 9.00 Å². The molecule has 1 N–H and O–H groups in total. The van der Waals surface area contributed by atoms with E-state index in [1.54, 1.807) is 4.90 Å². The number of carbonyl (C=O) groups is 1. The first-order chi connectivity index (χ1) is 11.0. The van der Waals surface area contributed by atoms with E-state index < -0.39 is 10.8 Å². The molecule has 1 fully saturated rings. The Hall–Kier alpha value is -1.20. The maximum Gasteiger partial charge on any atom is 0.235 e. The molecule has 0 radical (unpaired) electrons. The van der Waals surface area contributed by atoms with E-state index in [1.165, 1.54) is 12.8 Å². The van der Waals surface area contributed by atoms with E-state index in [-0.39, 0.29) is 18.3 Å². The van der Waals surface area contributed by atoms with Gasteiger partial charge >= 0.3 is 0 Å². The molecule has 0 heterocycles. The van der Waals surface area contributed by atoms with E-state index >= 15 is 0 Å². The van der Waals surface area contributed by atoms with Crippen LogP contribution >= 0.6 is 0 Å². The highest BCUT2D eigenvalue weighted by Crippen LogP contribution is 2.26. The van der Waals surface area contributed by atoms with Gasteiger partial charge in [0.15, 0.2) is 0 Å². The minimum atomic E-state index is -1.20. The van der Waals surface area contributed by atoms with Gasteiger partial charge in [0.25, 0.3) is 0 Å². The van der Waals surface area contributed by atoms with Crippen LogP contribution < -0.4 is 0 Å². The van der Waals surface area contributed by atoms with Gasteiger partial charge in [0.2, 0.25) is 5.91 Å². The molecule has 1 aliphatic carbocycles. The third-order valence-electron chi connectivity index (χ3n) is 4.74. The summed E-state index contributed by atoms with van der Waals surface area (Å²) >= 11 is 0. The smallest absolute Gasteiger partial charge is 0.235 e. The third kappa shape index (κ3) is 5.43. The largest absolute Gasteiger partial charge is 0.392 e. The minimum Gasteiger partial charge on any atom is -0.392 e. The van der Waals surface area contributed by atoms with Crippen molar-refractivity contribution in [3.05, 3.63) is 35.4 Å². The highest BCUT2D eigenvalue weighted by Gasteiger charge is 2.25. The molecule has 1 aromatic rings. The number of hydrogen-bond donors (Lipinski definition) is 1. The number of rotatable bonds is 6. The molecule has 0 spiro atoms. The van der Waals surface area contributed by atoms with E-state index in [4.69, 9.17) is 5.11 Å². The number of nitrogens with zero attached hydrogens (tertiary/aromatic N) is 1. The van der Waals surface area contributed by atoms with Crippen molar-refractivity contribution in [1.29, 1.82) is 0 Å². The Labute approximate surface area is 141 Å². The molecule has 4 nitrogen and oxygen atoms in total. The van der Waals surface area contributed by atoms with Gasteiger partial charge in [0.05, 0.1) is 6.61 Å². The third-order valence-corrected chi connectivity index (χ3v) is 5.97. The fraction of sp³-hybridized carbons (Fsp3) is 0.611. The summed E-state index contributed by atoms with van der Waals surface area (Å²) in [5.74, 6) is 1.21. The SMILES string of the molecule is CC1CCC(N(C)C(=O)CS(=O)Cc2ccc(CO)cc2)CC1. The van der Waals surface area contributed by atoms with Crippen LogP contribution in [0.5, 0.6) is 0 Å². The van der Waals surface area contributed by atoms with Crippen molar-refractivity contribution in [2.45, 2.75) is 51.0 Å². The predicted molar refractivity (Wildman–Crippen MR) is 93.3 cm³/mol. The van der Waals surface area contributed by atoms with Crippen molar-refractivity contribution in [3.8, 4) is 0 Å². The highest BCUT2D eigenvalue weighted by molar-refractivity contribution is 7.84. The molecule has 5 heteroatoms. The summed E-state index contributed by atoms with van der Waals surface area (Å²) in [5, 5.41) is 9.02. The average Bonchev–Trinajstić information content (AvgIpc) is 2.55. The minimum absolute atomic E-state index is 0.00660. The summed E-state index contributed by atoms with van der Waals surface area (Å²) in [4.78, 5) is 14.1. The molecule has 2 rings (SSSR count). The fourth-order valence-corrected chi connectivity index (χ4v) is 4.20. The van der Waals surface area contributed by atoms with E-state index in [9.17, 15) is 9.00 Å². The van der Waals surface area contributed by atoms with Crippen LogP contribution in [0.2, 0.25) is 0 Å². The van der Waals surface area contributed by atoms with Crippen LogP contribution in [0.3, 0.4) is 0 Å². The number of hydrogen-bond acceptors (Lipinski definition) is 3. The van der Waals surface area contributed by atoms with Crippen LogP contribution in [0.4, 0.5) is 0 Å². The summed E-state index contributed by atoms with van der Waals surface area (Å²) < 4.78 is 12.2. The molecule has 0 saturated heterocycles. The molecule has 1 amide bonds. The van der Waals surface area contributed by atoms with Crippen molar-refractivity contribution in [2.24, 2.45) is 5.92 Å². The quantitative estimate of drug-likeness (QED) is 0.867. The standard InChI is InChI=1S/C18H27NO3S/c1-14-3-9-17(10-4-14)19(2)18(21)13-23(22)12-16-7-5-15(11-20)6-8-16/h5-8,14,17,20H,3-4,9-13H2,1-2H3. The van der Waals surface area contributed by atoms with Crippen LogP contribution in [-0.2, 0) is 28.0 Å². The zero-order valence-corrected chi connectivity index (χ0v) is 14.8. The first-order valence-electron chi connectivity index (χ1n) is 8.29. The van der Waals surface area contributed by atoms with Gasteiger partial charge < -0.3 is 10.0 Å². The van der Waals surface area contributed by atoms with Crippen LogP contribution in [0.1, 0.15) is 43.7 Å². The Balaban J connectivity index is 1.82. The second-order valence-electron chi connectivity index (χ2n) is 6.62. The molecule has 23 heavy (non-hydrogen) atoms. The van der Waals surface area contributed by atoms with Gasteiger partial charge in [-0.1, -0.05) is 31.2 Å². The van der Waals surface area contributed by atoms with Crippen molar-refractivity contribution >= 4 is 16.7 Å². The van der Waals surface area contributed by atoms with Gasteiger partial charge in [-0.15, -0.1) is 0 Å². The summed E-state index contributed by atoms with van der Waals surface area (Å²) in [5.41, 5.74) is 1.77. The van der Waals surface area contributed by atoms with Crippen LogP contribution in [-0.4, -0.2) is 39.0 Å². The molecule has 128 valence electrons. The van der Waals surface area contributed by atoms with Crippen molar-refractivity contribution < 1.29 is 14.1 Å². The Morgan fingerprint density at radius 3 is 2.30 bits per heavy atom. The molecule has 1 unspecified atom stereocenters. The monoisotopic (exact) mass is 337 g/mol. The average molecular weight is 337 g/mol. The number of benzene rings is 1. The molecule has 0 aromatic heterocycles. The second-order valence-corrected chi connectivity index (χ2v) is 8.08. The molecule has 0 aliphatic heterocycles. The molecule has 1 aromatic carbocycles. The van der Waals surface area contributed by atoms with E-state index in [0.717, 1.165) is 29.9 Å². The Morgan fingerprint density at radius 1 is 1.17 bits per heavy atom. The normalized spacial score (nSPS) is 22.6. The maximum absolute atomic E-state index is 12.3. The lowest BCUT2D eigenvalue weighted by Crippen LogP contribution is -2.41. The summed E-state index contributed by atoms with van der Waals surface area (Å²) in [6.07, 6.45) is 4.45. The Morgan fingerprint density at radius 2 is 1.74 bits per heavy atom. The van der Waals surface area contributed by atoms with Gasteiger partial charge in [0.1, 0.15) is 5.75 Å². The fourth-order valence-electron chi connectivity index (χ4n) is 3.05. The van der Waals surface area contributed by atoms with Crippen molar-refractivity contribution in [1.82, 2.24) is 4.90 Å². The number of carbonyl (C=O) groups excluding carboxylic acids is 1. The molecule has 1 atom stereocenters. The van der Waals surface area contributed by atoms with Gasteiger partial charge in [-0.05, 0) is 42.7 Å². The zero-order valence-electron chi connectivity index (χ0n) is 14.0. The molecular formula is C18H27NO3S. The van der Waals surface area contributed by atoms with Crippen molar-refractivity contribution in [2.75, 3.05) is 12.8 Å². The predicted octanol–water partition coefficient (Wildman–Crippen LogP) is 2.46. The number of amides is 1. The van der Waals surface area contributed by atoms with E-state index in [1.807, 2.05) is 31.3 Å². The van der Waals surface area contributed by atoms with Gasteiger partial charge in [-0.2, -0.15) is 0 Å². The molecular weight excluding hydrogens is 310 g/mol. The topological polar surface area (TPSA) is 57.6 Å².